The first-order chi connectivity index (χ1) is 15.5. The summed E-state index contributed by atoms with van der Waals surface area (Å²) in [5.41, 5.74) is -0.337. The number of carboxylic acids is 1. The number of ether oxygens (including phenoxy) is 1. The number of nitrogens with one attached hydrogen (secondary N) is 1. The van der Waals surface area contributed by atoms with Crippen molar-refractivity contribution >= 4 is 28.4 Å². The molecule has 1 fully saturated rings. The van der Waals surface area contributed by atoms with Crippen LogP contribution < -0.4 is 20.4 Å². The summed E-state index contributed by atoms with van der Waals surface area (Å²) >= 11 is 0. The molecule has 9 nitrogen and oxygen atoms in total. The molecule has 1 saturated heterocycles. The van der Waals surface area contributed by atoms with Crippen LogP contribution >= 0.6 is 0 Å². The van der Waals surface area contributed by atoms with Gasteiger partial charge >= 0.3 is 5.97 Å². The standard InChI is InChI=1S/C22H22FN5O4/c1-2-13-11-32-21-18-14(20(29)15(22(30)31)10-28(13)18)7-16(23)19(21)27-6-3-12(9-27)26-17-8-24-4-5-25-17/h4-5,7-8,10,12-13H,2-3,6,9,11H2,1H3,(H,25,26)(H,30,31)/t12-,13+/m1/s1. The van der Waals surface area contributed by atoms with Crippen LogP contribution in [0.4, 0.5) is 15.9 Å². The summed E-state index contributed by atoms with van der Waals surface area (Å²) in [5.74, 6) is -0.991. The predicted octanol–water partition coefficient (Wildman–Crippen LogP) is 2.66. The van der Waals surface area contributed by atoms with Crippen LogP contribution in [-0.2, 0) is 0 Å². The minimum absolute atomic E-state index is 0.0210. The Balaban J connectivity index is 1.59. The van der Waals surface area contributed by atoms with Gasteiger partial charge in [0.1, 0.15) is 23.7 Å². The topological polar surface area (TPSA) is 110 Å². The minimum Gasteiger partial charge on any atom is -0.487 e. The molecular weight excluding hydrogens is 417 g/mol. The Kier molecular flexibility index (Phi) is 4.91. The second kappa shape index (κ2) is 7.77. The second-order valence-electron chi connectivity index (χ2n) is 8.06. The number of anilines is 2. The second-order valence-corrected chi connectivity index (χ2v) is 8.06. The van der Waals surface area contributed by atoms with E-state index in [0.29, 0.717) is 42.3 Å². The SMILES string of the molecule is CC[C@H]1COc2c(N3CC[C@@H](Nc4cnccn4)C3)c(F)cc3c(=O)c(C(=O)O)cn1c23. The molecule has 2 aliphatic heterocycles. The van der Waals surface area contributed by atoms with Crippen molar-refractivity contribution in [3.63, 3.8) is 0 Å². The summed E-state index contributed by atoms with van der Waals surface area (Å²) in [6, 6.07) is 1.04. The Bertz CT molecular complexity index is 1260. The zero-order valence-corrected chi connectivity index (χ0v) is 17.4. The average Bonchev–Trinajstić information content (AvgIpc) is 3.24. The maximum absolute atomic E-state index is 15.4. The van der Waals surface area contributed by atoms with Crippen LogP contribution in [0.5, 0.6) is 5.75 Å². The molecule has 0 bridgehead atoms. The van der Waals surface area contributed by atoms with Crippen LogP contribution in [-0.4, -0.2) is 51.3 Å². The molecule has 5 rings (SSSR count). The van der Waals surface area contributed by atoms with E-state index in [2.05, 4.69) is 15.3 Å². The number of carbonyl (C=O) groups is 1. The van der Waals surface area contributed by atoms with Gasteiger partial charge in [0, 0.05) is 37.7 Å². The Labute approximate surface area is 182 Å². The monoisotopic (exact) mass is 439 g/mol. The number of benzene rings is 1. The van der Waals surface area contributed by atoms with Gasteiger partial charge in [-0.25, -0.2) is 14.2 Å². The quantitative estimate of drug-likeness (QED) is 0.625. The summed E-state index contributed by atoms with van der Waals surface area (Å²) < 4.78 is 23.1. The lowest BCUT2D eigenvalue weighted by molar-refractivity contribution is 0.0694. The Morgan fingerprint density at radius 2 is 2.25 bits per heavy atom. The van der Waals surface area contributed by atoms with Crippen LogP contribution in [0.3, 0.4) is 0 Å². The normalized spacial score (nSPS) is 19.8. The first-order valence-electron chi connectivity index (χ1n) is 10.5. The van der Waals surface area contributed by atoms with E-state index >= 15 is 4.39 Å². The van der Waals surface area contributed by atoms with E-state index in [-0.39, 0.29) is 29.6 Å². The van der Waals surface area contributed by atoms with Crippen molar-refractivity contribution in [3.8, 4) is 5.75 Å². The maximum Gasteiger partial charge on any atom is 0.341 e. The van der Waals surface area contributed by atoms with E-state index in [1.165, 1.54) is 6.20 Å². The number of carboxylic acid groups (broad SMARTS) is 1. The fourth-order valence-corrected chi connectivity index (χ4v) is 4.55. The van der Waals surface area contributed by atoms with Crippen LogP contribution in [0.15, 0.2) is 35.6 Å². The average molecular weight is 439 g/mol. The molecule has 3 aromatic rings. The van der Waals surface area contributed by atoms with Gasteiger partial charge in [-0.3, -0.25) is 9.78 Å². The molecule has 10 heteroatoms. The smallest absolute Gasteiger partial charge is 0.341 e. The van der Waals surface area contributed by atoms with Gasteiger partial charge in [0.25, 0.3) is 0 Å². The van der Waals surface area contributed by atoms with E-state index in [0.717, 1.165) is 12.5 Å². The molecule has 2 aliphatic rings. The number of aromatic carboxylic acids is 1. The van der Waals surface area contributed by atoms with Gasteiger partial charge in [0.2, 0.25) is 5.43 Å². The number of aromatic nitrogens is 3. The summed E-state index contributed by atoms with van der Waals surface area (Å²) in [6.45, 7) is 3.33. The number of nitrogens with zero attached hydrogens (tertiary/aromatic N) is 4. The molecule has 0 saturated carbocycles. The molecule has 166 valence electrons. The largest absolute Gasteiger partial charge is 0.487 e. The lowest BCUT2D eigenvalue weighted by Crippen LogP contribution is -2.31. The summed E-state index contributed by atoms with van der Waals surface area (Å²) in [5, 5.41) is 12.8. The van der Waals surface area contributed by atoms with E-state index < -0.39 is 17.2 Å². The van der Waals surface area contributed by atoms with Gasteiger partial charge in [-0.1, -0.05) is 6.92 Å². The molecule has 0 radical (unpaired) electrons. The fraction of sp³-hybridized carbons (Fsp3) is 0.364. The number of hydrogen-bond donors (Lipinski definition) is 2. The zero-order valence-electron chi connectivity index (χ0n) is 17.4. The molecule has 2 atom stereocenters. The third-order valence-electron chi connectivity index (χ3n) is 6.13. The third kappa shape index (κ3) is 3.22. The molecule has 1 aromatic carbocycles. The Morgan fingerprint density at radius 3 is 2.97 bits per heavy atom. The van der Waals surface area contributed by atoms with Crippen molar-refractivity contribution < 1.29 is 19.0 Å². The fourth-order valence-electron chi connectivity index (χ4n) is 4.55. The minimum atomic E-state index is -1.33. The summed E-state index contributed by atoms with van der Waals surface area (Å²) in [6.07, 6.45) is 7.63. The maximum atomic E-state index is 15.4. The van der Waals surface area contributed by atoms with E-state index in [1.54, 1.807) is 23.2 Å². The molecule has 0 spiro atoms. The van der Waals surface area contributed by atoms with Crippen molar-refractivity contribution in [1.29, 1.82) is 0 Å². The van der Waals surface area contributed by atoms with Gasteiger partial charge < -0.3 is 24.6 Å². The lowest BCUT2D eigenvalue weighted by atomic mass is 10.0. The number of pyridine rings is 1. The van der Waals surface area contributed by atoms with Crippen molar-refractivity contribution in [2.45, 2.75) is 31.8 Å². The highest BCUT2D eigenvalue weighted by Crippen LogP contribution is 2.43. The first-order valence-corrected chi connectivity index (χ1v) is 10.5. The van der Waals surface area contributed by atoms with E-state index in [4.69, 9.17) is 4.74 Å². The van der Waals surface area contributed by atoms with Crippen LogP contribution in [0, 0.1) is 5.82 Å². The molecule has 0 aliphatic carbocycles. The molecule has 0 unspecified atom stereocenters. The molecule has 0 amide bonds. The van der Waals surface area contributed by atoms with Crippen molar-refractivity contribution in [3.05, 3.63) is 52.5 Å². The van der Waals surface area contributed by atoms with Crippen LogP contribution in [0.2, 0.25) is 0 Å². The zero-order chi connectivity index (χ0) is 22.4. The first kappa shape index (κ1) is 20.2. The van der Waals surface area contributed by atoms with Crippen molar-refractivity contribution in [2.24, 2.45) is 0 Å². The highest BCUT2D eigenvalue weighted by Gasteiger charge is 2.33. The van der Waals surface area contributed by atoms with Crippen molar-refractivity contribution in [1.82, 2.24) is 14.5 Å². The molecule has 2 N–H and O–H groups in total. The predicted molar refractivity (Wildman–Crippen MR) is 116 cm³/mol. The van der Waals surface area contributed by atoms with Crippen molar-refractivity contribution in [2.75, 3.05) is 29.9 Å². The van der Waals surface area contributed by atoms with Gasteiger partial charge in [-0.15, -0.1) is 0 Å². The van der Waals surface area contributed by atoms with Gasteiger partial charge in [-0.2, -0.15) is 0 Å². The molecule has 2 aromatic heterocycles. The van der Waals surface area contributed by atoms with Gasteiger partial charge in [0.15, 0.2) is 11.6 Å². The highest BCUT2D eigenvalue weighted by molar-refractivity contribution is 5.97. The summed E-state index contributed by atoms with van der Waals surface area (Å²) in [4.78, 5) is 34.6. The lowest BCUT2D eigenvalue weighted by Gasteiger charge is -2.32. The van der Waals surface area contributed by atoms with Gasteiger partial charge in [0.05, 0.1) is 23.1 Å². The van der Waals surface area contributed by atoms with Crippen LogP contribution in [0.1, 0.15) is 36.2 Å². The Morgan fingerprint density at radius 1 is 1.41 bits per heavy atom. The summed E-state index contributed by atoms with van der Waals surface area (Å²) in [7, 11) is 0. The third-order valence-corrected chi connectivity index (χ3v) is 6.13. The van der Waals surface area contributed by atoms with E-state index in [9.17, 15) is 14.7 Å². The number of halogens is 1. The van der Waals surface area contributed by atoms with Gasteiger partial charge in [-0.05, 0) is 18.9 Å². The number of hydrogen-bond acceptors (Lipinski definition) is 7. The number of rotatable bonds is 5. The highest BCUT2D eigenvalue weighted by atomic mass is 19.1. The van der Waals surface area contributed by atoms with Crippen LogP contribution in [0.25, 0.3) is 10.9 Å². The molecule has 32 heavy (non-hydrogen) atoms. The Hall–Kier alpha value is -3.69. The van der Waals surface area contributed by atoms with E-state index in [1.807, 2.05) is 11.8 Å². The molecular formula is C22H22FN5O4. The molecule has 4 heterocycles.